The molecule has 2 rings (SSSR count). The molecule has 19 heavy (non-hydrogen) atoms. The number of hydrogen-bond donors (Lipinski definition) is 1. The minimum absolute atomic E-state index is 0.261. The minimum Gasteiger partial charge on any atom is -0.383 e. The number of hydrogen-bond acceptors (Lipinski definition) is 2. The monoisotopic (exact) mass is 273 g/mol. The van der Waals surface area contributed by atoms with Crippen LogP contribution in [0.2, 0.25) is 0 Å². The molecule has 106 valence electrons. The third-order valence-corrected chi connectivity index (χ3v) is 3.45. The van der Waals surface area contributed by atoms with Crippen LogP contribution in [0.5, 0.6) is 0 Å². The number of methoxy groups -OCH3 is 1. The van der Waals surface area contributed by atoms with Crippen molar-refractivity contribution in [3.8, 4) is 0 Å². The first-order chi connectivity index (χ1) is 9.02. The Bertz CT molecular complexity index is 419. The highest BCUT2D eigenvalue weighted by atomic mass is 19.4. The minimum atomic E-state index is -4.25. The van der Waals surface area contributed by atoms with Crippen LogP contribution in [0.3, 0.4) is 0 Å². The van der Waals surface area contributed by atoms with Gasteiger partial charge >= 0.3 is 6.18 Å². The zero-order valence-corrected chi connectivity index (χ0v) is 10.8. The van der Waals surface area contributed by atoms with Gasteiger partial charge in [0.15, 0.2) is 0 Å². The van der Waals surface area contributed by atoms with Gasteiger partial charge in [-0.15, -0.1) is 0 Å². The van der Waals surface area contributed by atoms with E-state index in [-0.39, 0.29) is 5.92 Å². The van der Waals surface area contributed by atoms with Gasteiger partial charge in [-0.2, -0.15) is 13.2 Å². The van der Waals surface area contributed by atoms with Crippen LogP contribution in [0.1, 0.15) is 23.5 Å². The number of ether oxygens (including phenoxy) is 1. The summed E-state index contributed by atoms with van der Waals surface area (Å²) in [6.07, 6.45) is -3.29. The van der Waals surface area contributed by atoms with Crippen molar-refractivity contribution in [2.75, 3.05) is 26.8 Å². The van der Waals surface area contributed by atoms with Crippen molar-refractivity contribution in [2.45, 2.75) is 18.5 Å². The summed E-state index contributed by atoms with van der Waals surface area (Å²) in [5.41, 5.74) is 0.247. The molecule has 1 N–H and O–H groups in total. The van der Waals surface area contributed by atoms with Gasteiger partial charge in [0, 0.05) is 13.7 Å². The van der Waals surface area contributed by atoms with E-state index in [9.17, 15) is 13.2 Å². The van der Waals surface area contributed by atoms with Crippen molar-refractivity contribution < 1.29 is 17.9 Å². The van der Waals surface area contributed by atoms with Crippen LogP contribution in [0.25, 0.3) is 0 Å². The smallest absolute Gasteiger partial charge is 0.383 e. The maximum absolute atomic E-state index is 12.6. The van der Waals surface area contributed by atoms with Crippen molar-refractivity contribution in [2.24, 2.45) is 5.92 Å². The molecule has 1 aromatic rings. The van der Waals surface area contributed by atoms with E-state index in [0.717, 1.165) is 31.1 Å². The largest absolute Gasteiger partial charge is 0.416 e. The van der Waals surface area contributed by atoms with Gasteiger partial charge in [0.25, 0.3) is 0 Å². The van der Waals surface area contributed by atoms with Crippen LogP contribution in [0, 0.1) is 5.92 Å². The fourth-order valence-corrected chi connectivity index (χ4v) is 2.29. The zero-order chi connectivity index (χ0) is 13.9. The molecule has 0 radical (unpaired) electrons. The van der Waals surface area contributed by atoms with Gasteiger partial charge in [0.2, 0.25) is 0 Å². The summed E-state index contributed by atoms with van der Waals surface area (Å²) in [5.74, 6) is 0.706. The number of benzene rings is 1. The Hall–Kier alpha value is -1.07. The topological polar surface area (TPSA) is 21.3 Å². The molecule has 1 saturated carbocycles. The Morgan fingerprint density at radius 2 is 2.16 bits per heavy atom. The van der Waals surface area contributed by atoms with Gasteiger partial charge in [-0.05, 0) is 36.4 Å². The lowest BCUT2D eigenvalue weighted by Crippen LogP contribution is -2.21. The van der Waals surface area contributed by atoms with Crippen LogP contribution in [0.4, 0.5) is 13.2 Å². The second kappa shape index (κ2) is 5.92. The number of halogens is 3. The Kier molecular flexibility index (Phi) is 4.47. The third-order valence-electron chi connectivity index (χ3n) is 3.45. The predicted octanol–water partition coefficient (Wildman–Crippen LogP) is 3.04. The van der Waals surface area contributed by atoms with Gasteiger partial charge in [-0.25, -0.2) is 0 Å². The molecule has 1 aliphatic carbocycles. The van der Waals surface area contributed by atoms with Crippen LogP contribution in [-0.2, 0) is 10.9 Å². The van der Waals surface area contributed by atoms with Crippen LogP contribution >= 0.6 is 0 Å². The molecule has 1 fully saturated rings. The lowest BCUT2D eigenvalue weighted by Gasteiger charge is -2.08. The summed E-state index contributed by atoms with van der Waals surface area (Å²) in [5, 5.41) is 3.25. The molecule has 0 aliphatic heterocycles. The summed E-state index contributed by atoms with van der Waals surface area (Å²) >= 11 is 0. The van der Waals surface area contributed by atoms with Crippen molar-refractivity contribution in [3.05, 3.63) is 35.4 Å². The molecule has 2 nitrogen and oxygen atoms in total. The van der Waals surface area contributed by atoms with Crippen molar-refractivity contribution in [1.82, 2.24) is 5.32 Å². The molecule has 2 atom stereocenters. The van der Waals surface area contributed by atoms with Crippen molar-refractivity contribution in [1.29, 1.82) is 0 Å². The maximum atomic E-state index is 12.6. The van der Waals surface area contributed by atoms with E-state index in [1.165, 1.54) is 12.1 Å². The quantitative estimate of drug-likeness (QED) is 0.804. The van der Waals surface area contributed by atoms with Gasteiger partial charge in [-0.3, -0.25) is 0 Å². The normalized spacial score (nSPS) is 22.5. The number of rotatable bonds is 6. The fraction of sp³-hybridized carbons (Fsp3) is 0.571. The van der Waals surface area contributed by atoms with E-state index in [0.29, 0.717) is 12.5 Å². The lowest BCUT2D eigenvalue weighted by atomic mass is 10.1. The summed E-state index contributed by atoms with van der Waals surface area (Å²) < 4.78 is 42.8. The Balaban J connectivity index is 1.87. The molecule has 0 spiro atoms. The highest BCUT2D eigenvalue weighted by Gasteiger charge is 2.39. The second-order valence-corrected chi connectivity index (χ2v) is 4.92. The lowest BCUT2D eigenvalue weighted by molar-refractivity contribution is -0.137. The molecule has 0 saturated heterocycles. The van der Waals surface area contributed by atoms with E-state index in [2.05, 4.69) is 5.32 Å². The van der Waals surface area contributed by atoms with Crippen molar-refractivity contribution in [3.63, 3.8) is 0 Å². The second-order valence-electron chi connectivity index (χ2n) is 4.92. The van der Waals surface area contributed by atoms with Gasteiger partial charge in [0.05, 0.1) is 12.2 Å². The van der Waals surface area contributed by atoms with E-state index in [4.69, 9.17) is 4.74 Å². The molecule has 0 heterocycles. The molecule has 5 heteroatoms. The average Bonchev–Trinajstić information content (AvgIpc) is 3.13. The van der Waals surface area contributed by atoms with Gasteiger partial charge < -0.3 is 10.1 Å². The van der Waals surface area contributed by atoms with Crippen LogP contribution in [-0.4, -0.2) is 26.8 Å². The first-order valence-electron chi connectivity index (χ1n) is 6.39. The fourth-order valence-electron chi connectivity index (χ4n) is 2.29. The van der Waals surface area contributed by atoms with E-state index >= 15 is 0 Å². The summed E-state index contributed by atoms with van der Waals surface area (Å²) in [6, 6.07) is 5.68. The highest BCUT2D eigenvalue weighted by Crippen LogP contribution is 2.47. The van der Waals surface area contributed by atoms with Crippen molar-refractivity contribution >= 4 is 0 Å². The highest BCUT2D eigenvalue weighted by molar-refractivity contribution is 5.32. The molecule has 1 aromatic carbocycles. The zero-order valence-electron chi connectivity index (χ0n) is 10.8. The predicted molar refractivity (Wildman–Crippen MR) is 67.0 cm³/mol. The number of alkyl halides is 3. The van der Waals surface area contributed by atoms with E-state index < -0.39 is 11.7 Å². The molecule has 2 unspecified atom stereocenters. The maximum Gasteiger partial charge on any atom is 0.416 e. The first-order valence-corrected chi connectivity index (χ1v) is 6.39. The van der Waals surface area contributed by atoms with E-state index in [1.807, 2.05) is 0 Å². The van der Waals surface area contributed by atoms with Crippen LogP contribution in [0.15, 0.2) is 24.3 Å². The first kappa shape index (κ1) is 14.3. The summed E-state index contributed by atoms with van der Waals surface area (Å²) in [6.45, 7) is 2.27. The van der Waals surface area contributed by atoms with Crippen LogP contribution < -0.4 is 5.32 Å². The van der Waals surface area contributed by atoms with E-state index in [1.54, 1.807) is 13.2 Å². The molecular weight excluding hydrogens is 255 g/mol. The molecular formula is C14H18F3NO. The average molecular weight is 273 g/mol. The Morgan fingerprint density at radius 3 is 2.84 bits per heavy atom. The molecule has 0 bridgehead atoms. The molecule has 1 aliphatic rings. The summed E-state index contributed by atoms with van der Waals surface area (Å²) in [4.78, 5) is 0. The third kappa shape index (κ3) is 3.94. The molecule has 0 aromatic heterocycles. The Labute approximate surface area is 111 Å². The van der Waals surface area contributed by atoms with Gasteiger partial charge in [-0.1, -0.05) is 18.2 Å². The standard InChI is InChI=1S/C14H18F3NO/c1-19-6-5-18-9-11-8-13(11)10-3-2-4-12(7-10)14(15,16)17/h2-4,7,11,13,18H,5-6,8-9H2,1H3. The number of nitrogens with one attached hydrogen (secondary N) is 1. The molecule has 0 amide bonds. The SMILES string of the molecule is COCCNCC1CC1c1cccc(C(F)(F)F)c1. The Morgan fingerprint density at radius 1 is 1.37 bits per heavy atom. The summed E-state index contributed by atoms with van der Waals surface area (Å²) in [7, 11) is 1.64. The van der Waals surface area contributed by atoms with Gasteiger partial charge in [0.1, 0.15) is 0 Å².